The van der Waals surface area contributed by atoms with Crippen molar-refractivity contribution in [1.29, 1.82) is 0 Å². The summed E-state index contributed by atoms with van der Waals surface area (Å²) in [5.41, 5.74) is 14.1. The average Bonchev–Trinajstić information content (AvgIpc) is 3.06. The molecule has 0 aromatic rings. The van der Waals surface area contributed by atoms with Crippen molar-refractivity contribution >= 4 is 0 Å². The van der Waals surface area contributed by atoms with E-state index in [1.54, 1.807) is 0 Å². The van der Waals surface area contributed by atoms with Gasteiger partial charge in [-0.1, -0.05) is 132 Å². The molecule has 0 bridgehead atoms. The van der Waals surface area contributed by atoms with Crippen LogP contribution in [0, 0.1) is 0 Å². The van der Waals surface area contributed by atoms with Gasteiger partial charge in [-0.15, -0.1) is 0 Å². The van der Waals surface area contributed by atoms with Crippen LogP contribution in [0.5, 0.6) is 0 Å². The average molecular weight is 479 g/mol. The highest BCUT2D eigenvalue weighted by molar-refractivity contribution is 5.96. The predicted octanol–water partition coefficient (Wildman–Crippen LogP) is 10.8. The van der Waals surface area contributed by atoms with Gasteiger partial charge in [0.1, 0.15) is 0 Å². The molecule has 0 aromatic carbocycles. The van der Waals surface area contributed by atoms with Crippen molar-refractivity contribution in [1.82, 2.24) is 0 Å². The molecule has 0 spiro atoms. The fourth-order valence-electron chi connectivity index (χ4n) is 5.54. The van der Waals surface area contributed by atoms with Gasteiger partial charge < -0.3 is 0 Å². The van der Waals surface area contributed by atoms with Crippen molar-refractivity contribution in [3.63, 3.8) is 0 Å². The summed E-state index contributed by atoms with van der Waals surface area (Å²) in [6.45, 7) is 27.8. The van der Waals surface area contributed by atoms with Crippen LogP contribution in [0.15, 0.2) is 60.7 Å². The van der Waals surface area contributed by atoms with E-state index in [1.165, 1.54) is 55.6 Å². The zero-order valence-electron chi connectivity index (χ0n) is 24.8. The monoisotopic (exact) mass is 478 g/mol. The van der Waals surface area contributed by atoms with Crippen LogP contribution in [0.2, 0.25) is 0 Å². The van der Waals surface area contributed by atoms with Gasteiger partial charge in [-0.25, -0.2) is 0 Å². The first-order valence-electron chi connectivity index (χ1n) is 13.5. The Kier molecular flexibility index (Phi) is 6.23. The van der Waals surface area contributed by atoms with E-state index in [2.05, 4.69) is 144 Å². The van der Waals surface area contributed by atoms with Crippen LogP contribution >= 0.6 is 0 Å². The van der Waals surface area contributed by atoms with Gasteiger partial charge in [0.15, 0.2) is 0 Å². The van der Waals surface area contributed by atoms with Crippen molar-refractivity contribution in [3.05, 3.63) is 82.9 Å². The second-order valence-corrected chi connectivity index (χ2v) is 14.8. The third-order valence-electron chi connectivity index (χ3n) is 7.62. The van der Waals surface area contributed by atoms with E-state index < -0.39 is 0 Å². The Balaban J connectivity index is 2.08. The van der Waals surface area contributed by atoms with Crippen LogP contribution in [-0.2, 0) is 21.7 Å². The minimum atomic E-state index is 0.0202. The first-order chi connectivity index (χ1) is 16.4. The van der Waals surface area contributed by atoms with Crippen molar-refractivity contribution in [2.45, 2.75) is 105 Å². The van der Waals surface area contributed by atoms with Gasteiger partial charge >= 0.3 is 0 Å². The second kappa shape index (κ2) is 8.47. The van der Waals surface area contributed by atoms with E-state index in [4.69, 9.17) is 0 Å². The van der Waals surface area contributed by atoms with Gasteiger partial charge in [0.2, 0.25) is 0 Å². The molecular weight excluding hydrogens is 432 g/mol. The molecule has 0 nitrogen and oxygen atoms in total. The highest BCUT2D eigenvalue weighted by atomic mass is 14.3. The standard InChI is InChI=1S/C36H46/c1-33(2,3)24-14-13-23-21-30(32(36(10,11)12)26(23)18-15-24)29-22-31(35(7,8)9)28-20-17-25(34(4,5)6)16-19-27(28)29/h13-22H,1-12H3. The molecule has 36 heavy (non-hydrogen) atoms. The maximum Gasteiger partial charge on any atom is -0.00987 e. The van der Waals surface area contributed by atoms with E-state index in [0.29, 0.717) is 0 Å². The Morgan fingerprint density at radius 1 is 0.361 bits per heavy atom. The third-order valence-corrected chi connectivity index (χ3v) is 7.62. The molecule has 0 radical (unpaired) electrons. The summed E-state index contributed by atoms with van der Waals surface area (Å²) in [5.74, 6) is 0. The van der Waals surface area contributed by atoms with Gasteiger partial charge in [0, 0.05) is 0 Å². The second-order valence-electron chi connectivity index (χ2n) is 14.8. The summed E-state index contributed by atoms with van der Waals surface area (Å²) in [4.78, 5) is 0. The van der Waals surface area contributed by atoms with Crippen molar-refractivity contribution in [3.8, 4) is 33.4 Å². The van der Waals surface area contributed by atoms with Gasteiger partial charge in [-0.3, -0.25) is 0 Å². The third kappa shape index (κ3) is 4.84. The molecule has 0 unspecified atom stereocenters. The Bertz CT molecular complexity index is 1340. The van der Waals surface area contributed by atoms with Gasteiger partial charge in [-0.05, 0) is 89.4 Å². The van der Waals surface area contributed by atoms with Crippen LogP contribution in [-0.4, -0.2) is 0 Å². The molecule has 4 aliphatic carbocycles. The van der Waals surface area contributed by atoms with E-state index >= 15 is 0 Å². The molecule has 0 aliphatic heterocycles. The highest BCUT2D eigenvalue weighted by Gasteiger charge is 2.31. The normalized spacial score (nSPS) is 13.6. The minimum absolute atomic E-state index is 0.0202. The summed E-state index contributed by atoms with van der Waals surface area (Å²) in [6.07, 6.45) is 0. The molecule has 0 N–H and O–H groups in total. The minimum Gasteiger partial charge on any atom is -0.0579 e. The van der Waals surface area contributed by atoms with Crippen LogP contribution in [0.25, 0.3) is 33.4 Å². The summed E-state index contributed by atoms with van der Waals surface area (Å²) < 4.78 is 0. The molecule has 0 saturated heterocycles. The SMILES string of the molecule is CC(C)(C)c1ccc2c(-c3cc4ccc(C(C)(C)C)ccc-4c3C(C)(C)C)cc(C(C)(C)C)c-2cc1. The maximum atomic E-state index is 2.48. The Morgan fingerprint density at radius 2 is 0.833 bits per heavy atom. The number of rotatable bonds is 1. The van der Waals surface area contributed by atoms with Crippen LogP contribution in [0.3, 0.4) is 0 Å². The summed E-state index contributed by atoms with van der Waals surface area (Å²) >= 11 is 0. The van der Waals surface area contributed by atoms with E-state index in [0.717, 1.165) is 0 Å². The van der Waals surface area contributed by atoms with Gasteiger partial charge in [0.05, 0.1) is 0 Å². The highest BCUT2D eigenvalue weighted by Crippen LogP contribution is 2.50. The first-order valence-corrected chi connectivity index (χ1v) is 13.5. The number of hydrogen-bond acceptors (Lipinski definition) is 0. The smallest absolute Gasteiger partial charge is 0.00987 e. The molecule has 0 fully saturated rings. The van der Waals surface area contributed by atoms with E-state index in [-0.39, 0.29) is 21.7 Å². The van der Waals surface area contributed by atoms with Gasteiger partial charge in [0.25, 0.3) is 0 Å². The van der Waals surface area contributed by atoms with E-state index in [1.807, 2.05) is 0 Å². The zero-order chi connectivity index (χ0) is 26.8. The van der Waals surface area contributed by atoms with Crippen molar-refractivity contribution < 1.29 is 0 Å². The Labute approximate surface area is 220 Å². The lowest BCUT2D eigenvalue weighted by atomic mass is 9.81. The number of hydrogen-bond donors (Lipinski definition) is 0. The lowest BCUT2D eigenvalue weighted by Gasteiger charge is -2.22. The predicted molar refractivity (Wildman–Crippen MR) is 160 cm³/mol. The fraction of sp³-hybridized carbons (Fsp3) is 0.444. The Hall–Kier alpha value is -2.60. The fourth-order valence-corrected chi connectivity index (χ4v) is 5.54. The zero-order valence-corrected chi connectivity index (χ0v) is 24.8. The number of fused-ring (bicyclic) bond motifs is 2. The van der Waals surface area contributed by atoms with Crippen LogP contribution in [0.4, 0.5) is 0 Å². The summed E-state index contributed by atoms with van der Waals surface area (Å²) in [5, 5.41) is 0. The molecular formula is C36H46. The molecule has 0 aromatic heterocycles. The lowest BCUT2D eigenvalue weighted by Crippen LogP contribution is -2.12. The summed E-state index contributed by atoms with van der Waals surface area (Å²) in [6, 6.07) is 23.7. The molecule has 190 valence electrons. The Morgan fingerprint density at radius 3 is 1.31 bits per heavy atom. The lowest BCUT2D eigenvalue weighted by molar-refractivity contribution is 0.590. The van der Waals surface area contributed by atoms with Crippen molar-refractivity contribution in [2.75, 3.05) is 0 Å². The molecule has 0 saturated carbocycles. The quantitative estimate of drug-likeness (QED) is 0.255. The molecule has 4 aliphatic rings. The molecule has 0 amide bonds. The maximum absolute atomic E-state index is 2.48. The molecule has 0 heterocycles. The van der Waals surface area contributed by atoms with Gasteiger partial charge in [-0.2, -0.15) is 0 Å². The topological polar surface area (TPSA) is 0 Å². The van der Waals surface area contributed by atoms with Crippen molar-refractivity contribution in [2.24, 2.45) is 0 Å². The first kappa shape index (κ1) is 26.5. The summed E-state index contributed by atoms with van der Waals surface area (Å²) in [7, 11) is 0. The van der Waals surface area contributed by atoms with E-state index in [9.17, 15) is 0 Å². The molecule has 0 atom stereocenters. The van der Waals surface area contributed by atoms with Crippen LogP contribution in [0.1, 0.15) is 105 Å². The largest absolute Gasteiger partial charge is 0.0579 e. The molecule has 4 rings (SSSR count). The van der Waals surface area contributed by atoms with Crippen LogP contribution < -0.4 is 0 Å². The molecule has 0 heteroatoms.